The number of hydrogen-bond acceptors (Lipinski definition) is 5. The molecule has 1 aliphatic heterocycles. The van der Waals surface area contributed by atoms with Gasteiger partial charge in [-0.05, 0) is 20.9 Å². The van der Waals surface area contributed by atoms with Crippen molar-refractivity contribution in [3.63, 3.8) is 0 Å². The van der Waals surface area contributed by atoms with Crippen LogP contribution in [-0.4, -0.2) is 75.1 Å². The molecule has 0 aliphatic carbocycles. The van der Waals surface area contributed by atoms with Gasteiger partial charge in [-0.15, -0.1) is 0 Å². The zero-order chi connectivity index (χ0) is 14.5. The summed E-state index contributed by atoms with van der Waals surface area (Å²) in [6.45, 7) is 7.69. The molecular formula is C13H25N3O3. The Labute approximate surface area is 115 Å². The molecule has 1 N–H and O–H groups in total. The van der Waals surface area contributed by atoms with Gasteiger partial charge < -0.3 is 15.0 Å². The second kappa shape index (κ2) is 6.86. The van der Waals surface area contributed by atoms with E-state index in [1.54, 1.807) is 0 Å². The highest BCUT2D eigenvalue weighted by Crippen LogP contribution is 2.18. The maximum Gasteiger partial charge on any atom is 0.312 e. The zero-order valence-corrected chi connectivity index (χ0v) is 12.4. The van der Waals surface area contributed by atoms with Crippen molar-refractivity contribution in [2.45, 2.75) is 13.8 Å². The summed E-state index contributed by atoms with van der Waals surface area (Å²) in [5.41, 5.74) is -0.604. The van der Waals surface area contributed by atoms with Crippen LogP contribution in [0.5, 0.6) is 0 Å². The van der Waals surface area contributed by atoms with Crippen LogP contribution in [0.4, 0.5) is 0 Å². The smallest absolute Gasteiger partial charge is 0.312 e. The van der Waals surface area contributed by atoms with Crippen LogP contribution in [0.25, 0.3) is 0 Å². The number of ether oxygens (including phenoxy) is 1. The first-order valence-electron chi connectivity index (χ1n) is 6.62. The molecule has 0 aromatic carbocycles. The fourth-order valence-electron chi connectivity index (χ4n) is 2.32. The molecule has 0 unspecified atom stereocenters. The van der Waals surface area contributed by atoms with E-state index >= 15 is 0 Å². The summed E-state index contributed by atoms with van der Waals surface area (Å²) < 4.78 is 4.77. The van der Waals surface area contributed by atoms with E-state index in [2.05, 4.69) is 5.32 Å². The van der Waals surface area contributed by atoms with E-state index in [9.17, 15) is 9.59 Å². The van der Waals surface area contributed by atoms with Crippen LogP contribution in [0.1, 0.15) is 13.8 Å². The van der Waals surface area contributed by atoms with Crippen LogP contribution >= 0.6 is 0 Å². The van der Waals surface area contributed by atoms with Crippen LogP contribution in [0.3, 0.4) is 0 Å². The largest absolute Gasteiger partial charge is 0.469 e. The lowest BCUT2D eigenvalue weighted by atomic mass is 9.93. The average Bonchev–Trinajstić information content (AvgIpc) is 2.37. The molecule has 0 radical (unpaired) electrons. The maximum atomic E-state index is 12.1. The molecule has 0 atom stereocenters. The number of methoxy groups -OCH3 is 1. The summed E-state index contributed by atoms with van der Waals surface area (Å²) in [5.74, 6) is -0.140. The van der Waals surface area contributed by atoms with Gasteiger partial charge in [-0.3, -0.25) is 14.5 Å². The fourth-order valence-corrected chi connectivity index (χ4v) is 2.32. The van der Waals surface area contributed by atoms with Crippen molar-refractivity contribution >= 4 is 11.9 Å². The third-order valence-electron chi connectivity index (χ3n) is 3.28. The van der Waals surface area contributed by atoms with E-state index in [0.29, 0.717) is 13.1 Å². The van der Waals surface area contributed by atoms with Gasteiger partial charge in [0.2, 0.25) is 5.91 Å². The van der Waals surface area contributed by atoms with Gasteiger partial charge in [-0.2, -0.15) is 0 Å². The van der Waals surface area contributed by atoms with Crippen LogP contribution in [0.2, 0.25) is 0 Å². The summed E-state index contributed by atoms with van der Waals surface area (Å²) >= 11 is 0. The summed E-state index contributed by atoms with van der Waals surface area (Å²) in [7, 11) is 3.24. The van der Waals surface area contributed by atoms with Crippen molar-refractivity contribution in [2.24, 2.45) is 5.41 Å². The van der Waals surface area contributed by atoms with Gasteiger partial charge in [0.1, 0.15) is 0 Å². The molecule has 0 saturated carbocycles. The predicted molar refractivity (Wildman–Crippen MR) is 72.7 cm³/mol. The number of nitrogens with zero attached hydrogens (tertiary/aromatic N) is 2. The van der Waals surface area contributed by atoms with Crippen molar-refractivity contribution in [2.75, 3.05) is 53.4 Å². The number of hydrogen-bond donors (Lipinski definition) is 1. The number of piperazine rings is 1. The Morgan fingerprint density at radius 1 is 1.32 bits per heavy atom. The summed E-state index contributed by atoms with van der Waals surface area (Å²) in [4.78, 5) is 27.4. The van der Waals surface area contributed by atoms with Gasteiger partial charge >= 0.3 is 5.97 Å². The second-order valence-electron chi connectivity index (χ2n) is 5.68. The molecule has 6 heteroatoms. The lowest BCUT2D eigenvalue weighted by Crippen LogP contribution is -2.50. The number of esters is 1. The third-order valence-corrected chi connectivity index (χ3v) is 3.28. The molecule has 0 bridgehead atoms. The number of rotatable bonds is 5. The quantitative estimate of drug-likeness (QED) is 0.686. The highest BCUT2D eigenvalue weighted by atomic mass is 16.5. The molecule has 1 amide bonds. The fraction of sp³-hybridized carbons (Fsp3) is 0.846. The third kappa shape index (κ3) is 4.80. The van der Waals surface area contributed by atoms with Gasteiger partial charge in [0.05, 0.1) is 19.1 Å². The van der Waals surface area contributed by atoms with Crippen LogP contribution in [-0.2, 0) is 14.3 Å². The van der Waals surface area contributed by atoms with E-state index in [1.165, 1.54) is 7.11 Å². The molecule has 1 rings (SSSR count). The Kier molecular flexibility index (Phi) is 5.75. The van der Waals surface area contributed by atoms with E-state index in [0.717, 1.165) is 26.2 Å². The summed E-state index contributed by atoms with van der Waals surface area (Å²) in [6, 6.07) is 0. The highest BCUT2D eigenvalue weighted by Gasteiger charge is 2.31. The molecule has 0 spiro atoms. The van der Waals surface area contributed by atoms with E-state index < -0.39 is 5.41 Å². The van der Waals surface area contributed by atoms with Gasteiger partial charge in [-0.25, -0.2) is 0 Å². The Balaban J connectivity index is 2.43. The lowest BCUT2D eigenvalue weighted by molar-refractivity contribution is -0.152. The van der Waals surface area contributed by atoms with Crippen molar-refractivity contribution in [1.82, 2.24) is 15.1 Å². The molecular weight excluding hydrogens is 246 g/mol. The van der Waals surface area contributed by atoms with Crippen molar-refractivity contribution in [3.8, 4) is 0 Å². The first kappa shape index (κ1) is 15.9. The van der Waals surface area contributed by atoms with Crippen molar-refractivity contribution < 1.29 is 14.3 Å². The van der Waals surface area contributed by atoms with Crippen LogP contribution in [0, 0.1) is 5.41 Å². The number of nitrogens with one attached hydrogen (secondary N) is 1. The van der Waals surface area contributed by atoms with Crippen LogP contribution in [0.15, 0.2) is 0 Å². The molecule has 1 aliphatic rings. The molecule has 0 aromatic heterocycles. The standard InChI is InChI=1S/C13H25N3O3/c1-13(2,12(18)19-4)10-15(3)9-11(17)16-7-5-14-6-8-16/h14H,5-10H2,1-4H3. The Hall–Kier alpha value is -1.14. The van der Waals surface area contributed by atoms with Crippen molar-refractivity contribution in [1.29, 1.82) is 0 Å². The first-order valence-corrected chi connectivity index (χ1v) is 6.62. The molecule has 1 saturated heterocycles. The molecule has 1 heterocycles. The molecule has 0 aromatic rings. The van der Waals surface area contributed by atoms with E-state index in [1.807, 2.05) is 30.7 Å². The average molecular weight is 271 g/mol. The Morgan fingerprint density at radius 3 is 2.42 bits per heavy atom. The summed E-state index contributed by atoms with van der Waals surface area (Å²) in [5, 5.41) is 3.22. The molecule has 1 fully saturated rings. The highest BCUT2D eigenvalue weighted by molar-refractivity contribution is 5.79. The van der Waals surface area contributed by atoms with Gasteiger partial charge in [0.15, 0.2) is 0 Å². The topological polar surface area (TPSA) is 61.9 Å². The van der Waals surface area contributed by atoms with Gasteiger partial charge in [-0.1, -0.05) is 0 Å². The van der Waals surface area contributed by atoms with E-state index in [-0.39, 0.29) is 11.9 Å². The zero-order valence-electron chi connectivity index (χ0n) is 12.4. The Morgan fingerprint density at radius 2 is 1.89 bits per heavy atom. The number of likely N-dealkylation sites (N-methyl/N-ethyl adjacent to an activating group) is 1. The first-order chi connectivity index (χ1) is 8.86. The minimum Gasteiger partial charge on any atom is -0.469 e. The maximum absolute atomic E-state index is 12.1. The Bertz CT molecular complexity index is 325. The van der Waals surface area contributed by atoms with Crippen LogP contribution < -0.4 is 5.32 Å². The number of amides is 1. The molecule has 110 valence electrons. The molecule has 19 heavy (non-hydrogen) atoms. The minimum absolute atomic E-state index is 0.115. The van der Waals surface area contributed by atoms with Gasteiger partial charge in [0.25, 0.3) is 0 Å². The minimum atomic E-state index is -0.604. The normalized spacial score (nSPS) is 16.6. The summed E-state index contributed by atoms with van der Waals surface area (Å²) in [6.07, 6.45) is 0. The number of carbonyl (C=O) groups is 2. The lowest BCUT2D eigenvalue weighted by Gasteiger charge is -2.31. The predicted octanol–water partition coefficient (Wildman–Crippen LogP) is -0.451. The second-order valence-corrected chi connectivity index (χ2v) is 5.68. The number of carbonyl (C=O) groups excluding carboxylic acids is 2. The van der Waals surface area contributed by atoms with Gasteiger partial charge in [0, 0.05) is 32.7 Å². The van der Waals surface area contributed by atoms with E-state index in [4.69, 9.17) is 4.74 Å². The molecule has 6 nitrogen and oxygen atoms in total. The SMILES string of the molecule is COC(=O)C(C)(C)CN(C)CC(=O)N1CCNCC1. The monoisotopic (exact) mass is 271 g/mol. The van der Waals surface area contributed by atoms with Crippen molar-refractivity contribution in [3.05, 3.63) is 0 Å².